The topological polar surface area (TPSA) is 98.3 Å². The van der Waals surface area contributed by atoms with Gasteiger partial charge in [-0.05, 0) is 12.8 Å². The highest BCUT2D eigenvalue weighted by Crippen LogP contribution is 2.22. The molecular formula is C14H20N4O3. The summed E-state index contributed by atoms with van der Waals surface area (Å²) >= 11 is 0. The molecule has 21 heavy (non-hydrogen) atoms. The van der Waals surface area contributed by atoms with Crippen molar-refractivity contribution in [2.24, 2.45) is 0 Å². The first-order valence-electron chi connectivity index (χ1n) is 7.46. The second-order valence-electron chi connectivity index (χ2n) is 5.80. The summed E-state index contributed by atoms with van der Waals surface area (Å²) in [6.07, 6.45) is 7.22. The number of nitrogens with one attached hydrogen (secondary N) is 2. The molecule has 114 valence electrons. The molecule has 0 radical (unpaired) electrons. The second-order valence-corrected chi connectivity index (χ2v) is 5.80. The largest absolute Gasteiger partial charge is 0.480 e. The zero-order chi connectivity index (χ0) is 14.8. The second kappa shape index (κ2) is 5.75. The number of fused-ring (bicyclic) bond motifs is 1. The van der Waals surface area contributed by atoms with E-state index in [1.165, 1.54) is 11.3 Å². The number of carbonyl (C=O) groups excluding carboxylic acids is 1. The molecule has 2 amide bonds. The summed E-state index contributed by atoms with van der Waals surface area (Å²) in [7, 11) is 0. The van der Waals surface area contributed by atoms with Crippen LogP contribution < -0.4 is 5.32 Å². The van der Waals surface area contributed by atoms with Crippen molar-refractivity contribution in [2.75, 3.05) is 0 Å². The fourth-order valence-corrected chi connectivity index (χ4v) is 3.17. The Kier molecular flexibility index (Phi) is 3.81. The van der Waals surface area contributed by atoms with E-state index in [0.29, 0.717) is 0 Å². The summed E-state index contributed by atoms with van der Waals surface area (Å²) in [5.41, 5.74) is 1.57. The maximum Gasteiger partial charge on any atom is 0.326 e. The highest BCUT2D eigenvalue weighted by atomic mass is 16.4. The lowest BCUT2D eigenvalue weighted by molar-refractivity contribution is -0.142. The van der Waals surface area contributed by atoms with Crippen LogP contribution in [-0.4, -0.2) is 44.1 Å². The molecule has 1 saturated carbocycles. The van der Waals surface area contributed by atoms with Crippen molar-refractivity contribution in [3.05, 3.63) is 17.7 Å². The van der Waals surface area contributed by atoms with Crippen LogP contribution in [0.5, 0.6) is 0 Å². The van der Waals surface area contributed by atoms with Gasteiger partial charge in [-0.15, -0.1) is 0 Å². The third-order valence-corrected chi connectivity index (χ3v) is 4.38. The van der Waals surface area contributed by atoms with Gasteiger partial charge < -0.3 is 20.3 Å². The van der Waals surface area contributed by atoms with Gasteiger partial charge in [0.05, 0.1) is 24.3 Å². The van der Waals surface area contributed by atoms with E-state index in [1.807, 2.05) is 0 Å². The fraction of sp³-hybridized carbons (Fsp3) is 0.643. The minimum atomic E-state index is -0.984. The van der Waals surface area contributed by atoms with Gasteiger partial charge in [0.15, 0.2) is 0 Å². The molecule has 2 aliphatic rings. The molecule has 1 fully saturated rings. The van der Waals surface area contributed by atoms with Crippen LogP contribution in [0.3, 0.4) is 0 Å². The Morgan fingerprint density at radius 2 is 2.10 bits per heavy atom. The maximum absolute atomic E-state index is 12.4. The molecule has 1 aliphatic carbocycles. The van der Waals surface area contributed by atoms with Gasteiger partial charge in [-0.3, -0.25) is 0 Å². The molecule has 7 nitrogen and oxygen atoms in total. The average molecular weight is 292 g/mol. The van der Waals surface area contributed by atoms with Crippen molar-refractivity contribution in [3.63, 3.8) is 0 Å². The van der Waals surface area contributed by atoms with Crippen molar-refractivity contribution >= 4 is 12.0 Å². The summed E-state index contributed by atoms with van der Waals surface area (Å²) in [6.45, 7) is 0.269. The van der Waals surface area contributed by atoms with Crippen molar-refractivity contribution in [1.82, 2.24) is 20.2 Å². The molecule has 7 heteroatoms. The molecule has 1 aromatic rings. The molecule has 3 N–H and O–H groups in total. The highest BCUT2D eigenvalue weighted by molar-refractivity contribution is 5.83. The number of urea groups is 1. The lowest BCUT2D eigenvalue weighted by atomic mass is 9.95. The van der Waals surface area contributed by atoms with Gasteiger partial charge in [0.2, 0.25) is 0 Å². The van der Waals surface area contributed by atoms with Gasteiger partial charge in [0.1, 0.15) is 6.04 Å². The molecule has 2 heterocycles. The van der Waals surface area contributed by atoms with E-state index >= 15 is 0 Å². The first-order valence-corrected chi connectivity index (χ1v) is 7.46. The summed E-state index contributed by atoms with van der Waals surface area (Å²) in [5.74, 6) is -0.984. The Morgan fingerprint density at radius 3 is 2.81 bits per heavy atom. The standard InChI is InChI=1S/C14H20N4O3/c19-13(20)12-6-10-11(16-8-15-10)7-18(12)14(21)17-9-4-2-1-3-5-9/h8-9,12H,1-7H2,(H,15,16)(H,17,21)(H,19,20). The first-order chi connectivity index (χ1) is 10.1. The first kappa shape index (κ1) is 13.9. The van der Waals surface area contributed by atoms with Crippen LogP contribution in [0.25, 0.3) is 0 Å². The molecule has 1 atom stereocenters. The van der Waals surface area contributed by atoms with E-state index < -0.39 is 12.0 Å². The van der Waals surface area contributed by atoms with Crippen molar-refractivity contribution in [3.8, 4) is 0 Å². The number of hydrogen-bond acceptors (Lipinski definition) is 3. The van der Waals surface area contributed by atoms with Crippen molar-refractivity contribution in [1.29, 1.82) is 0 Å². The molecular weight excluding hydrogens is 272 g/mol. The van der Waals surface area contributed by atoms with Gasteiger partial charge in [-0.25, -0.2) is 14.6 Å². The smallest absolute Gasteiger partial charge is 0.326 e. The average Bonchev–Trinajstić information content (AvgIpc) is 2.94. The van der Waals surface area contributed by atoms with E-state index in [1.54, 1.807) is 6.33 Å². The van der Waals surface area contributed by atoms with Gasteiger partial charge in [-0.1, -0.05) is 19.3 Å². The molecule has 1 unspecified atom stereocenters. The summed E-state index contributed by atoms with van der Waals surface area (Å²) in [4.78, 5) is 32.4. The minimum Gasteiger partial charge on any atom is -0.480 e. The number of hydrogen-bond donors (Lipinski definition) is 3. The number of aromatic amines is 1. The van der Waals surface area contributed by atoms with Crippen molar-refractivity contribution < 1.29 is 14.7 Å². The molecule has 1 aromatic heterocycles. The number of carboxylic acid groups (broad SMARTS) is 1. The predicted octanol–water partition coefficient (Wildman–Crippen LogP) is 1.26. The lowest BCUT2D eigenvalue weighted by Gasteiger charge is -2.34. The zero-order valence-electron chi connectivity index (χ0n) is 11.8. The highest BCUT2D eigenvalue weighted by Gasteiger charge is 2.36. The number of aromatic nitrogens is 2. The van der Waals surface area contributed by atoms with Crippen LogP contribution >= 0.6 is 0 Å². The number of imidazole rings is 1. The fourth-order valence-electron chi connectivity index (χ4n) is 3.17. The van der Waals surface area contributed by atoms with Crippen LogP contribution in [0.15, 0.2) is 6.33 Å². The number of amides is 2. The Labute approximate surface area is 122 Å². The van der Waals surface area contributed by atoms with Crippen LogP contribution in [0.2, 0.25) is 0 Å². The van der Waals surface area contributed by atoms with E-state index in [-0.39, 0.29) is 25.0 Å². The predicted molar refractivity (Wildman–Crippen MR) is 74.7 cm³/mol. The monoisotopic (exact) mass is 292 g/mol. The van der Waals surface area contributed by atoms with Gasteiger partial charge in [0.25, 0.3) is 0 Å². The normalized spacial score (nSPS) is 22.7. The Bertz CT molecular complexity index is 536. The molecule has 0 bridgehead atoms. The lowest BCUT2D eigenvalue weighted by Crippen LogP contribution is -2.54. The van der Waals surface area contributed by atoms with Crippen LogP contribution in [0.1, 0.15) is 43.5 Å². The maximum atomic E-state index is 12.4. The van der Waals surface area contributed by atoms with E-state index in [0.717, 1.165) is 37.1 Å². The van der Waals surface area contributed by atoms with Gasteiger partial charge >= 0.3 is 12.0 Å². The molecule has 1 aliphatic heterocycles. The van der Waals surface area contributed by atoms with E-state index in [4.69, 9.17) is 0 Å². The Balaban J connectivity index is 1.72. The van der Waals surface area contributed by atoms with Gasteiger partial charge in [-0.2, -0.15) is 0 Å². The molecule has 3 rings (SSSR count). The summed E-state index contributed by atoms with van der Waals surface area (Å²) < 4.78 is 0. The summed E-state index contributed by atoms with van der Waals surface area (Å²) in [5, 5.41) is 12.4. The Morgan fingerprint density at radius 1 is 1.33 bits per heavy atom. The molecule has 0 spiro atoms. The minimum absolute atomic E-state index is 0.170. The zero-order valence-corrected chi connectivity index (χ0v) is 11.8. The SMILES string of the molecule is O=C(O)C1Cc2nc[nH]c2CN1C(=O)NC1CCCCC1. The quantitative estimate of drug-likeness (QED) is 0.764. The number of carbonyl (C=O) groups is 2. The van der Waals surface area contributed by atoms with Crippen LogP contribution in [0.4, 0.5) is 4.79 Å². The number of H-pyrrole nitrogens is 1. The number of aliphatic carboxylic acids is 1. The van der Waals surface area contributed by atoms with E-state index in [9.17, 15) is 14.7 Å². The number of rotatable bonds is 2. The molecule has 0 aromatic carbocycles. The van der Waals surface area contributed by atoms with Crippen LogP contribution in [-0.2, 0) is 17.8 Å². The van der Waals surface area contributed by atoms with Gasteiger partial charge in [0, 0.05) is 12.5 Å². The van der Waals surface area contributed by atoms with E-state index in [2.05, 4.69) is 15.3 Å². The van der Waals surface area contributed by atoms with Crippen LogP contribution in [0, 0.1) is 0 Å². The third-order valence-electron chi connectivity index (χ3n) is 4.38. The number of nitrogens with zero attached hydrogens (tertiary/aromatic N) is 2. The number of carboxylic acids is 1. The summed E-state index contributed by atoms with van der Waals surface area (Å²) in [6, 6.07) is -0.956. The molecule has 0 saturated heterocycles. The van der Waals surface area contributed by atoms with Crippen molar-refractivity contribution in [2.45, 2.75) is 57.2 Å². The Hall–Kier alpha value is -2.05. The third kappa shape index (κ3) is 2.86.